The fraction of sp³-hybridized carbons (Fsp3) is 0.176. The molecule has 2 heterocycles. The third kappa shape index (κ3) is 4.53. The SMILES string of the molecule is O=C(Cn1cc(NC(=O)c2ccn[nH]2)cn1)NCCc1ccccc1F. The molecule has 0 aliphatic carbocycles. The van der Waals surface area contributed by atoms with Crippen LogP contribution in [0.15, 0.2) is 48.9 Å². The molecule has 0 aliphatic heterocycles. The Morgan fingerprint density at radius 1 is 1.23 bits per heavy atom. The van der Waals surface area contributed by atoms with Crippen LogP contribution < -0.4 is 10.6 Å². The summed E-state index contributed by atoms with van der Waals surface area (Å²) in [5.41, 5.74) is 1.34. The molecule has 0 aliphatic rings. The molecule has 3 rings (SSSR count). The topological polar surface area (TPSA) is 105 Å². The van der Waals surface area contributed by atoms with Crippen molar-refractivity contribution in [3.8, 4) is 0 Å². The monoisotopic (exact) mass is 356 g/mol. The number of hydrogen-bond donors (Lipinski definition) is 3. The number of H-pyrrole nitrogens is 1. The Morgan fingerprint density at radius 2 is 2.08 bits per heavy atom. The summed E-state index contributed by atoms with van der Waals surface area (Å²) >= 11 is 0. The highest BCUT2D eigenvalue weighted by Crippen LogP contribution is 2.08. The van der Waals surface area contributed by atoms with E-state index >= 15 is 0 Å². The summed E-state index contributed by atoms with van der Waals surface area (Å²) in [7, 11) is 0. The lowest BCUT2D eigenvalue weighted by Gasteiger charge is -2.06. The first-order valence-electron chi connectivity index (χ1n) is 7.95. The molecule has 0 saturated carbocycles. The van der Waals surface area contributed by atoms with Crippen molar-refractivity contribution in [3.63, 3.8) is 0 Å². The number of nitrogens with one attached hydrogen (secondary N) is 3. The maximum atomic E-state index is 13.5. The zero-order valence-electron chi connectivity index (χ0n) is 13.8. The summed E-state index contributed by atoms with van der Waals surface area (Å²) < 4.78 is 14.9. The molecule has 0 unspecified atom stereocenters. The zero-order valence-corrected chi connectivity index (χ0v) is 13.8. The van der Waals surface area contributed by atoms with Gasteiger partial charge in [0, 0.05) is 18.9 Å². The van der Waals surface area contributed by atoms with E-state index in [4.69, 9.17) is 0 Å². The lowest BCUT2D eigenvalue weighted by Crippen LogP contribution is -2.29. The summed E-state index contributed by atoms with van der Waals surface area (Å²) in [4.78, 5) is 23.8. The van der Waals surface area contributed by atoms with E-state index in [1.54, 1.807) is 30.5 Å². The molecule has 8 nitrogen and oxygen atoms in total. The molecule has 0 spiro atoms. The number of nitrogens with zero attached hydrogens (tertiary/aromatic N) is 3. The largest absolute Gasteiger partial charge is 0.354 e. The summed E-state index contributed by atoms with van der Waals surface area (Å²) in [6, 6.07) is 7.99. The second kappa shape index (κ2) is 8.06. The number of amides is 2. The number of carbonyl (C=O) groups excluding carboxylic acids is 2. The summed E-state index contributed by atoms with van der Waals surface area (Å²) in [5.74, 6) is -0.890. The van der Waals surface area contributed by atoms with Crippen LogP contribution in [0.2, 0.25) is 0 Å². The predicted molar refractivity (Wildman–Crippen MR) is 91.9 cm³/mol. The Morgan fingerprint density at radius 3 is 2.85 bits per heavy atom. The molecule has 2 aromatic heterocycles. The number of aromatic nitrogens is 4. The normalized spacial score (nSPS) is 10.5. The van der Waals surface area contributed by atoms with Gasteiger partial charge < -0.3 is 10.6 Å². The zero-order chi connectivity index (χ0) is 18.4. The molecular weight excluding hydrogens is 339 g/mol. The van der Waals surface area contributed by atoms with Gasteiger partial charge in [0.15, 0.2) is 0 Å². The van der Waals surface area contributed by atoms with Gasteiger partial charge >= 0.3 is 0 Å². The fourth-order valence-electron chi connectivity index (χ4n) is 2.34. The maximum Gasteiger partial charge on any atom is 0.273 e. The predicted octanol–water partition coefficient (Wildman–Crippen LogP) is 1.36. The Balaban J connectivity index is 1.45. The third-order valence-electron chi connectivity index (χ3n) is 3.62. The minimum absolute atomic E-state index is 0.00278. The first-order valence-corrected chi connectivity index (χ1v) is 7.95. The van der Waals surface area contributed by atoms with Crippen LogP contribution in [0.25, 0.3) is 0 Å². The summed E-state index contributed by atoms with van der Waals surface area (Å²) in [6.07, 6.45) is 4.87. The van der Waals surface area contributed by atoms with Gasteiger partial charge in [-0.15, -0.1) is 0 Å². The van der Waals surface area contributed by atoms with Crippen LogP contribution in [0, 0.1) is 5.82 Å². The van der Waals surface area contributed by atoms with Crippen molar-refractivity contribution >= 4 is 17.5 Å². The van der Waals surface area contributed by atoms with Crippen molar-refractivity contribution in [2.45, 2.75) is 13.0 Å². The Bertz CT molecular complexity index is 890. The van der Waals surface area contributed by atoms with Crippen molar-refractivity contribution in [1.82, 2.24) is 25.3 Å². The minimum atomic E-state index is -0.351. The van der Waals surface area contributed by atoms with Gasteiger partial charge in [0.1, 0.15) is 18.1 Å². The number of aromatic amines is 1. The molecule has 3 N–H and O–H groups in total. The average molecular weight is 356 g/mol. The van der Waals surface area contributed by atoms with Crippen molar-refractivity contribution in [2.75, 3.05) is 11.9 Å². The quantitative estimate of drug-likeness (QED) is 0.594. The first-order chi connectivity index (χ1) is 12.6. The number of benzene rings is 1. The van der Waals surface area contributed by atoms with Crippen molar-refractivity contribution in [3.05, 3.63) is 66.0 Å². The van der Waals surface area contributed by atoms with Gasteiger partial charge in [-0.3, -0.25) is 19.4 Å². The molecule has 2 amide bonds. The van der Waals surface area contributed by atoms with Crippen molar-refractivity contribution < 1.29 is 14.0 Å². The van der Waals surface area contributed by atoms with Gasteiger partial charge in [-0.2, -0.15) is 10.2 Å². The van der Waals surface area contributed by atoms with Crippen LogP contribution in [0.3, 0.4) is 0 Å². The van der Waals surface area contributed by atoms with Gasteiger partial charge in [-0.05, 0) is 24.1 Å². The number of halogens is 1. The van der Waals surface area contributed by atoms with E-state index in [-0.39, 0.29) is 24.2 Å². The van der Waals surface area contributed by atoms with Gasteiger partial charge in [-0.1, -0.05) is 18.2 Å². The highest BCUT2D eigenvalue weighted by molar-refractivity contribution is 6.02. The summed E-state index contributed by atoms with van der Waals surface area (Å²) in [6.45, 7) is 0.321. The van der Waals surface area contributed by atoms with E-state index in [1.807, 2.05) is 0 Å². The smallest absolute Gasteiger partial charge is 0.273 e. The first kappa shape index (κ1) is 17.3. The van der Waals surface area contributed by atoms with E-state index in [1.165, 1.54) is 23.1 Å². The van der Waals surface area contributed by atoms with Crippen molar-refractivity contribution in [1.29, 1.82) is 0 Å². The average Bonchev–Trinajstić information content (AvgIpc) is 3.29. The third-order valence-corrected chi connectivity index (χ3v) is 3.62. The standard InChI is InChI=1S/C17H17FN6O2/c18-14-4-2-1-3-12(14)5-7-19-16(25)11-24-10-13(9-21-24)22-17(26)15-6-8-20-23-15/h1-4,6,8-10H,5,7,11H2,(H,19,25)(H,20,23)(H,22,26). The van der Waals surface area contributed by atoms with Crippen molar-refractivity contribution in [2.24, 2.45) is 0 Å². The Kier molecular flexibility index (Phi) is 5.37. The van der Waals surface area contributed by atoms with Gasteiger partial charge in [0.25, 0.3) is 5.91 Å². The maximum absolute atomic E-state index is 13.5. The molecule has 0 saturated heterocycles. The molecule has 134 valence electrons. The molecule has 26 heavy (non-hydrogen) atoms. The number of anilines is 1. The summed E-state index contributed by atoms with van der Waals surface area (Å²) in [5, 5.41) is 15.6. The fourth-order valence-corrected chi connectivity index (χ4v) is 2.34. The highest BCUT2D eigenvalue weighted by Gasteiger charge is 2.10. The van der Waals surface area contributed by atoms with E-state index in [9.17, 15) is 14.0 Å². The van der Waals surface area contributed by atoms with Crippen LogP contribution >= 0.6 is 0 Å². The Hall–Kier alpha value is -3.49. The van der Waals surface area contributed by atoms with E-state index in [2.05, 4.69) is 25.9 Å². The molecule has 9 heteroatoms. The molecule has 0 bridgehead atoms. The van der Waals surface area contributed by atoms with Crippen LogP contribution in [0.5, 0.6) is 0 Å². The molecule has 0 fully saturated rings. The minimum Gasteiger partial charge on any atom is -0.354 e. The van der Waals surface area contributed by atoms with Gasteiger partial charge in [0.2, 0.25) is 5.91 Å². The number of rotatable bonds is 7. The molecular formula is C17H17FN6O2. The van der Waals surface area contributed by atoms with Gasteiger partial charge in [0.05, 0.1) is 11.9 Å². The number of carbonyl (C=O) groups is 2. The van der Waals surface area contributed by atoms with Crippen LogP contribution in [0.1, 0.15) is 16.1 Å². The second-order valence-corrected chi connectivity index (χ2v) is 5.54. The lowest BCUT2D eigenvalue weighted by molar-refractivity contribution is -0.121. The Labute approximate surface area is 148 Å². The van der Waals surface area contributed by atoms with Crippen LogP contribution in [-0.4, -0.2) is 38.3 Å². The molecule has 0 radical (unpaired) electrons. The van der Waals surface area contributed by atoms with E-state index < -0.39 is 0 Å². The van der Waals surface area contributed by atoms with Crippen LogP contribution in [0.4, 0.5) is 10.1 Å². The van der Waals surface area contributed by atoms with E-state index in [0.717, 1.165) is 0 Å². The lowest BCUT2D eigenvalue weighted by atomic mass is 10.1. The number of hydrogen-bond acceptors (Lipinski definition) is 4. The molecule has 1 aromatic carbocycles. The molecule has 3 aromatic rings. The van der Waals surface area contributed by atoms with Gasteiger partial charge in [-0.25, -0.2) is 4.39 Å². The highest BCUT2D eigenvalue weighted by atomic mass is 19.1. The van der Waals surface area contributed by atoms with Crippen LogP contribution in [-0.2, 0) is 17.8 Å². The molecule has 0 atom stereocenters. The van der Waals surface area contributed by atoms with E-state index in [0.29, 0.717) is 29.9 Å². The second-order valence-electron chi connectivity index (χ2n) is 5.54.